The van der Waals surface area contributed by atoms with Crippen molar-refractivity contribution in [3.05, 3.63) is 35.9 Å². The summed E-state index contributed by atoms with van der Waals surface area (Å²) in [7, 11) is 0. The second kappa shape index (κ2) is 6.87. The van der Waals surface area contributed by atoms with Gasteiger partial charge in [-0.05, 0) is 24.5 Å². The minimum atomic E-state index is -1.21. The number of cyclic esters (lactones) is 2. The zero-order valence-electron chi connectivity index (χ0n) is 14.0. The van der Waals surface area contributed by atoms with Crippen LogP contribution in [0.1, 0.15) is 39.7 Å². The number of carbonyl (C=O) groups excluding carboxylic acids is 2. The summed E-state index contributed by atoms with van der Waals surface area (Å²) in [6.45, 7) is 7.15. The molecule has 4 heteroatoms. The zero-order valence-corrected chi connectivity index (χ0v) is 14.0. The van der Waals surface area contributed by atoms with E-state index in [0.29, 0.717) is 12.3 Å². The van der Waals surface area contributed by atoms with Crippen LogP contribution in [-0.4, -0.2) is 17.7 Å². The van der Waals surface area contributed by atoms with Gasteiger partial charge in [0.15, 0.2) is 5.92 Å². The van der Waals surface area contributed by atoms with Crippen LogP contribution < -0.4 is 0 Å². The van der Waals surface area contributed by atoms with Crippen LogP contribution in [0.2, 0.25) is 0 Å². The molecule has 0 aliphatic carbocycles. The highest BCUT2D eigenvalue weighted by Gasteiger charge is 2.46. The molecule has 1 fully saturated rings. The zero-order chi connectivity index (χ0) is 17.0. The molecular weight excluding hydrogens is 292 g/mol. The quantitative estimate of drug-likeness (QED) is 0.488. The summed E-state index contributed by atoms with van der Waals surface area (Å²) in [5, 5.41) is 0. The predicted octanol–water partition coefficient (Wildman–Crippen LogP) is 3.15. The summed E-state index contributed by atoms with van der Waals surface area (Å²) < 4.78 is 10.4. The van der Waals surface area contributed by atoms with Crippen molar-refractivity contribution in [2.75, 3.05) is 0 Å². The lowest BCUT2D eigenvalue weighted by Crippen LogP contribution is -2.48. The van der Waals surface area contributed by atoms with Gasteiger partial charge in [0.05, 0.1) is 0 Å². The van der Waals surface area contributed by atoms with Gasteiger partial charge in [-0.15, -0.1) is 0 Å². The molecule has 0 unspecified atom stereocenters. The molecular formula is C19H22O4. The lowest BCUT2D eigenvalue weighted by molar-refractivity contribution is -0.241. The summed E-state index contributed by atoms with van der Waals surface area (Å²) in [4.78, 5) is 24.5. The van der Waals surface area contributed by atoms with Crippen molar-refractivity contribution in [2.45, 2.75) is 39.9 Å². The lowest BCUT2D eigenvalue weighted by atomic mass is 9.85. The monoisotopic (exact) mass is 314 g/mol. The molecule has 0 aromatic heterocycles. The third-order valence-electron chi connectivity index (χ3n) is 3.50. The molecule has 4 nitrogen and oxygen atoms in total. The van der Waals surface area contributed by atoms with E-state index in [1.165, 1.54) is 0 Å². The largest absolute Gasteiger partial charge is 0.422 e. The number of hydrogen-bond donors (Lipinski definition) is 0. The number of esters is 2. The van der Waals surface area contributed by atoms with Gasteiger partial charge in [0.25, 0.3) is 5.79 Å². The van der Waals surface area contributed by atoms with Crippen molar-refractivity contribution in [3.8, 4) is 11.8 Å². The second-order valence-corrected chi connectivity index (χ2v) is 6.59. The van der Waals surface area contributed by atoms with Crippen LogP contribution in [0.4, 0.5) is 0 Å². The van der Waals surface area contributed by atoms with Gasteiger partial charge in [-0.2, -0.15) is 0 Å². The van der Waals surface area contributed by atoms with E-state index < -0.39 is 29.6 Å². The van der Waals surface area contributed by atoms with Crippen LogP contribution in [0.15, 0.2) is 30.3 Å². The average Bonchev–Trinajstić information content (AvgIpc) is 2.43. The van der Waals surface area contributed by atoms with Gasteiger partial charge in [0.1, 0.15) is 0 Å². The minimum absolute atomic E-state index is 0.292. The average molecular weight is 314 g/mol. The molecule has 122 valence electrons. The molecule has 1 saturated heterocycles. The molecule has 0 radical (unpaired) electrons. The molecule has 1 aliphatic rings. The van der Waals surface area contributed by atoms with Crippen LogP contribution in [-0.2, 0) is 19.1 Å². The molecule has 23 heavy (non-hydrogen) atoms. The first-order chi connectivity index (χ1) is 10.8. The standard InChI is InChI=1S/C19H22O4/c1-13(2)12-15(11-10-14-8-6-5-7-9-14)16-17(20)22-19(3,4)23-18(16)21/h5-9,13,15-16H,12H2,1-4H3/t15-/m1/s1. The first-order valence-electron chi connectivity index (χ1n) is 7.81. The van der Waals surface area contributed by atoms with Gasteiger partial charge in [-0.1, -0.05) is 43.9 Å². The molecule has 0 saturated carbocycles. The van der Waals surface area contributed by atoms with Gasteiger partial charge in [0, 0.05) is 25.3 Å². The SMILES string of the molecule is CC(C)C[C@@H](C#Cc1ccccc1)C1C(=O)OC(C)(C)OC1=O. The van der Waals surface area contributed by atoms with Gasteiger partial charge in [-0.25, -0.2) is 0 Å². The van der Waals surface area contributed by atoms with E-state index in [9.17, 15) is 9.59 Å². The van der Waals surface area contributed by atoms with Crippen molar-refractivity contribution < 1.29 is 19.1 Å². The number of carbonyl (C=O) groups is 2. The maximum Gasteiger partial charge on any atom is 0.324 e. The molecule has 0 bridgehead atoms. The maximum absolute atomic E-state index is 12.3. The fourth-order valence-corrected chi connectivity index (χ4v) is 2.54. The Balaban J connectivity index is 2.27. The summed E-state index contributed by atoms with van der Waals surface area (Å²) in [6, 6.07) is 9.48. The highest BCUT2D eigenvalue weighted by Crippen LogP contribution is 2.30. The summed E-state index contributed by atoms with van der Waals surface area (Å²) in [6.07, 6.45) is 0.620. The highest BCUT2D eigenvalue weighted by atomic mass is 16.7. The van der Waals surface area contributed by atoms with E-state index in [1.807, 2.05) is 44.2 Å². The summed E-state index contributed by atoms with van der Waals surface area (Å²) in [5.41, 5.74) is 0.846. The smallest absolute Gasteiger partial charge is 0.324 e. The Labute approximate surface area is 137 Å². The van der Waals surface area contributed by atoms with Crippen LogP contribution >= 0.6 is 0 Å². The van der Waals surface area contributed by atoms with Gasteiger partial charge >= 0.3 is 11.9 Å². The Morgan fingerprint density at radius 2 is 1.65 bits per heavy atom. The van der Waals surface area contributed by atoms with Crippen molar-refractivity contribution in [2.24, 2.45) is 17.8 Å². The third-order valence-corrected chi connectivity index (χ3v) is 3.50. The minimum Gasteiger partial charge on any atom is -0.422 e. The first kappa shape index (κ1) is 17.1. The molecule has 2 rings (SSSR count). The third kappa shape index (κ3) is 4.59. The normalized spacial score (nSPS) is 18.7. The van der Waals surface area contributed by atoms with Crippen molar-refractivity contribution in [1.29, 1.82) is 0 Å². The van der Waals surface area contributed by atoms with Crippen LogP contribution in [0, 0.1) is 29.6 Å². The summed E-state index contributed by atoms with van der Waals surface area (Å²) >= 11 is 0. The van der Waals surface area contributed by atoms with Crippen LogP contribution in [0.25, 0.3) is 0 Å². The van der Waals surface area contributed by atoms with Crippen molar-refractivity contribution in [1.82, 2.24) is 0 Å². The predicted molar refractivity (Wildman–Crippen MR) is 86.0 cm³/mol. The highest BCUT2D eigenvalue weighted by molar-refractivity contribution is 5.97. The molecule has 1 atom stereocenters. The van der Waals surface area contributed by atoms with E-state index in [0.717, 1.165) is 5.56 Å². The van der Waals surface area contributed by atoms with Crippen molar-refractivity contribution >= 4 is 11.9 Å². The van der Waals surface area contributed by atoms with Gasteiger partial charge in [-0.3, -0.25) is 9.59 Å². The molecule has 1 aromatic carbocycles. The van der Waals surface area contributed by atoms with E-state index in [4.69, 9.17) is 9.47 Å². The van der Waals surface area contributed by atoms with Crippen LogP contribution in [0.5, 0.6) is 0 Å². The number of ether oxygens (including phenoxy) is 2. The fourth-order valence-electron chi connectivity index (χ4n) is 2.54. The van der Waals surface area contributed by atoms with E-state index >= 15 is 0 Å². The molecule has 1 heterocycles. The molecule has 0 amide bonds. The Kier molecular flexibility index (Phi) is 5.10. The van der Waals surface area contributed by atoms with E-state index in [2.05, 4.69) is 11.8 Å². The summed E-state index contributed by atoms with van der Waals surface area (Å²) in [5.74, 6) is 2.68. The molecule has 0 spiro atoms. The van der Waals surface area contributed by atoms with Gasteiger partial charge < -0.3 is 9.47 Å². The molecule has 0 N–H and O–H groups in total. The van der Waals surface area contributed by atoms with E-state index in [-0.39, 0.29) is 0 Å². The Bertz CT molecular complexity index is 614. The molecule has 1 aliphatic heterocycles. The number of hydrogen-bond acceptors (Lipinski definition) is 4. The Hall–Kier alpha value is -2.28. The Morgan fingerprint density at radius 3 is 2.17 bits per heavy atom. The number of rotatable bonds is 3. The number of benzene rings is 1. The van der Waals surface area contributed by atoms with Gasteiger partial charge in [0.2, 0.25) is 0 Å². The lowest BCUT2D eigenvalue weighted by Gasteiger charge is -2.34. The first-order valence-corrected chi connectivity index (χ1v) is 7.81. The van der Waals surface area contributed by atoms with Crippen molar-refractivity contribution in [3.63, 3.8) is 0 Å². The topological polar surface area (TPSA) is 52.6 Å². The molecule has 1 aromatic rings. The maximum atomic E-state index is 12.3. The second-order valence-electron chi connectivity index (χ2n) is 6.59. The van der Waals surface area contributed by atoms with Crippen LogP contribution in [0.3, 0.4) is 0 Å². The Morgan fingerprint density at radius 1 is 1.09 bits per heavy atom. The fraction of sp³-hybridized carbons (Fsp3) is 0.474. The van der Waals surface area contributed by atoms with E-state index in [1.54, 1.807) is 13.8 Å².